The fraction of sp³-hybridized carbons (Fsp3) is 0.273. The van der Waals surface area contributed by atoms with E-state index in [1.807, 2.05) is 30.3 Å². The molecule has 1 aliphatic rings. The molecular weight excluding hydrogens is 219 g/mol. The van der Waals surface area contributed by atoms with Gasteiger partial charge in [0.05, 0.1) is 6.04 Å². The van der Waals surface area contributed by atoms with Crippen LogP contribution in [-0.2, 0) is 15.9 Å². The monoisotopic (exact) mass is 232 g/mol. The van der Waals surface area contributed by atoms with E-state index < -0.39 is 18.1 Å². The number of nitrogens with one attached hydrogen (secondary N) is 2. The van der Waals surface area contributed by atoms with Gasteiger partial charge in [0.2, 0.25) is 0 Å². The van der Waals surface area contributed by atoms with E-state index in [2.05, 4.69) is 10.5 Å². The van der Waals surface area contributed by atoms with Gasteiger partial charge in [-0.2, -0.15) is 0 Å². The van der Waals surface area contributed by atoms with Gasteiger partial charge in [0, 0.05) is 0 Å². The largest absolute Gasteiger partial charge is 0.480 e. The molecule has 2 atom stereocenters. The molecule has 0 aromatic heterocycles. The molecular formula is C11H13BN2O3. The van der Waals surface area contributed by atoms with Crippen LogP contribution in [0.25, 0.3) is 0 Å². The molecule has 0 radical (unpaired) electrons. The van der Waals surface area contributed by atoms with Gasteiger partial charge in [-0.05, 0) is 6.32 Å². The summed E-state index contributed by atoms with van der Waals surface area (Å²) in [5.74, 6) is -1.01. The van der Waals surface area contributed by atoms with Crippen LogP contribution in [0.5, 0.6) is 0 Å². The summed E-state index contributed by atoms with van der Waals surface area (Å²) in [5.41, 5.74) is 1.09. The van der Waals surface area contributed by atoms with Crippen molar-refractivity contribution in [2.75, 3.05) is 0 Å². The SMILES string of the molecule is O=CC1NB(Cc2ccccc2)NC1C(=O)O. The maximum atomic E-state index is 10.9. The molecule has 2 rings (SSSR count). The van der Waals surface area contributed by atoms with Crippen molar-refractivity contribution >= 4 is 19.2 Å². The molecule has 1 fully saturated rings. The lowest BCUT2D eigenvalue weighted by atomic mass is 9.71. The summed E-state index contributed by atoms with van der Waals surface area (Å²) < 4.78 is 0. The molecule has 6 heteroatoms. The first-order chi connectivity index (χ1) is 8.20. The van der Waals surface area contributed by atoms with Gasteiger partial charge in [-0.15, -0.1) is 0 Å². The zero-order valence-corrected chi connectivity index (χ0v) is 9.17. The summed E-state index contributed by atoms with van der Waals surface area (Å²) in [4.78, 5) is 21.7. The number of carbonyl (C=O) groups excluding carboxylic acids is 1. The van der Waals surface area contributed by atoms with E-state index in [1.165, 1.54) is 0 Å². The van der Waals surface area contributed by atoms with E-state index in [0.29, 0.717) is 12.6 Å². The molecule has 0 spiro atoms. The van der Waals surface area contributed by atoms with E-state index in [-0.39, 0.29) is 6.98 Å². The highest BCUT2D eigenvalue weighted by atomic mass is 16.4. The summed E-state index contributed by atoms with van der Waals surface area (Å²) >= 11 is 0. The van der Waals surface area contributed by atoms with Crippen molar-refractivity contribution in [3.63, 3.8) is 0 Å². The molecule has 0 aliphatic carbocycles. The summed E-state index contributed by atoms with van der Waals surface area (Å²) in [6.07, 6.45) is 1.28. The molecule has 17 heavy (non-hydrogen) atoms. The van der Waals surface area contributed by atoms with E-state index in [1.54, 1.807) is 0 Å². The molecule has 3 N–H and O–H groups in total. The van der Waals surface area contributed by atoms with Gasteiger partial charge in [-0.3, -0.25) is 4.79 Å². The van der Waals surface area contributed by atoms with Gasteiger partial charge in [0.25, 0.3) is 0 Å². The van der Waals surface area contributed by atoms with Crippen molar-refractivity contribution in [1.82, 2.24) is 10.5 Å². The lowest BCUT2D eigenvalue weighted by Crippen LogP contribution is -2.43. The fourth-order valence-corrected chi connectivity index (χ4v) is 2.01. The molecule has 0 bridgehead atoms. The third kappa shape index (κ3) is 2.72. The van der Waals surface area contributed by atoms with Gasteiger partial charge in [0.15, 0.2) is 0 Å². The van der Waals surface area contributed by atoms with E-state index >= 15 is 0 Å². The lowest BCUT2D eigenvalue weighted by molar-refractivity contribution is -0.140. The summed E-state index contributed by atoms with van der Waals surface area (Å²) in [6.45, 7) is -0.186. The Balaban J connectivity index is 2.01. The van der Waals surface area contributed by atoms with E-state index in [4.69, 9.17) is 5.11 Å². The van der Waals surface area contributed by atoms with Crippen molar-refractivity contribution < 1.29 is 14.7 Å². The summed E-state index contributed by atoms with van der Waals surface area (Å²) in [5, 5.41) is 14.8. The molecule has 0 amide bonds. The standard InChI is InChI=1S/C11H13BN2O3/c15-7-9-10(11(16)17)14-12(13-9)6-8-4-2-1-3-5-8/h1-5,7,9-10,13-14H,6H2,(H,16,17). The predicted octanol–water partition coefficient (Wildman–Crippen LogP) is -0.530. The van der Waals surface area contributed by atoms with Crippen LogP contribution in [0.1, 0.15) is 5.56 Å². The number of carbonyl (C=O) groups is 2. The first-order valence-corrected chi connectivity index (χ1v) is 5.45. The molecule has 88 valence electrons. The van der Waals surface area contributed by atoms with Gasteiger partial charge in [0.1, 0.15) is 12.3 Å². The summed E-state index contributed by atoms with van der Waals surface area (Å²) in [7, 11) is 0. The Morgan fingerprint density at radius 2 is 2.06 bits per heavy atom. The maximum Gasteiger partial charge on any atom is 0.321 e. The van der Waals surface area contributed by atoms with Crippen LogP contribution in [-0.4, -0.2) is 36.4 Å². The average molecular weight is 232 g/mol. The Morgan fingerprint density at radius 1 is 1.35 bits per heavy atom. The molecule has 0 saturated carbocycles. The Labute approximate surface area is 99.3 Å². The Kier molecular flexibility index (Phi) is 3.56. The Bertz CT molecular complexity index is 412. The fourth-order valence-electron chi connectivity index (χ4n) is 2.01. The van der Waals surface area contributed by atoms with Gasteiger partial charge >= 0.3 is 13.0 Å². The predicted molar refractivity (Wildman–Crippen MR) is 63.4 cm³/mol. The van der Waals surface area contributed by atoms with Crippen LogP contribution in [0.4, 0.5) is 0 Å². The molecule has 1 aliphatic heterocycles. The minimum atomic E-state index is -1.01. The van der Waals surface area contributed by atoms with Gasteiger partial charge in [-0.25, -0.2) is 0 Å². The quantitative estimate of drug-likeness (QED) is 0.480. The van der Waals surface area contributed by atoms with Crippen LogP contribution in [0.3, 0.4) is 0 Å². The zero-order chi connectivity index (χ0) is 12.3. The Morgan fingerprint density at radius 3 is 2.59 bits per heavy atom. The third-order valence-corrected chi connectivity index (χ3v) is 2.83. The van der Waals surface area contributed by atoms with Crippen molar-refractivity contribution in [2.45, 2.75) is 18.4 Å². The highest BCUT2D eigenvalue weighted by Crippen LogP contribution is 2.06. The summed E-state index contributed by atoms with van der Waals surface area (Å²) in [6, 6.07) is 8.20. The lowest BCUT2D eigenvalue weighted by Gasteiger charge is -2.07. The van der Waals surface area contributed by atoms with Crippen molar-refractivity contribution in [3.8, 4) is 0 Å². The van der Waals surface area contributed by atoms with Crippen molar-refractivity contribution in [1.29, 1.82) is 0 Å². The van der Waals surface area contributed by atoms with Crippen molar-refractivity contribution in [2.24, 2.45) is 0 Å². The normalized spacial score (nSPS) is 23.6. The average Bonchev–Trinajstić information content (AvgIpc) is 2.73. The van der Waals surface area contributed by atoms with E-state index in [0.717, 1.165) is 5.56 Å². The topological polar surface area (TPSA) is 78.4 Å². The minimum Gasteiger partial charge on any atom is -0.480 e. The minimum absolute atomic E-state index is 0.186. The first kappa shape index (κ1) is 11.8. The smallest absolute Gasteiger partial charge is 0.321 e. The number of rotatable bonds is 4. The molecule has 1 heterocycles. The molecule has 1 aromatic carbocycles. The number of benzene rings is 1. The van der Waals surface area contributed by atoms with Crippen LogP contribution >= 0.6 is 0 Å². The number of aliphatic carboxylic acids is 1. The van der Waals surface area contributed by atoms with Gasteiger partial charge < -0.3 is 20.4 Å². The first-order valence-electron chi connectivity index (χ1n) is 5.45. The molecule has 1 saturated heterocycles. The molecule has 1 aromatic rings. The van der Waals surface area contributed by atoms with Gasteiger partial charge in [-0.1, -0.05) is 35.9 Å². The van der Waals surface area contributed by atoms with Crippen LogP contribution < -0.4 is 10.5 Å². The van der Waals surface area contributed by atoms with Crippen LogP contribution in [0, 0.1) is 0 Å². The van der Waals surface area contributed by atoms with E-state index in [9.17, 15) is 9.59 Å². The van der Waals surface area contributed by atoms with Crippen LogP contribution in [0.15, 0.2) is 30.3 Å². The number of aldehydes is 1. The number of hydrogen-bond acceptors (Lipinski definition) is 4. The third-order valence-electron chi connectivity index (χ3n) is 2.83. The number of hydrogen-bond donors (Lipinski definition) is 3. The number of carboxylic acid groups (broad SMARTS) is 1. The second-order valence-corrected chi connectivity index (χ2v) is 4.05. The maximum absolute atomic E-state index is 10.9. The second-order valence-electron chi connectivity index (χ2n) is 4.05. The zero-order valence-electron chi connectivity index (χ0n) is 9.17. The highest BCUT2D eigenvalue weighted by molar-refractivity contribution is 6.54. The number of carboxylic acids is 1. The molecule has 2 unspecified atom stereocenters. The Hall–Kier alpha value is -1.66. The molecule has 5 nitrogen and oxygen atoms in total. The van der Waals surface area contributed by atoms with Crippen molar-refractivity contribution in [3.05, 3.63) is 35.9 Å². The van der Waals surface area contributed by atoms with Crippen LogP contribution in [0.2, 0.25) is 0 Å². The second kappa shape index (κ2) is 5.12. The highest BCUT2D eigenvalue weighted by Gasteiger charge is 2.39.